The molecule has 0 heterocycles. The highest BCUT2D eigenvalue weighted by molar-refractivity contribution is 5.62. The second-order valence-electron chi connectivity index (χ2n) is 6.49. The van der Waals surface area contributed by atoms with Gasteiger partial charge >= 0.3 is 0 Å². The molecule has 0 spiro atoms. The first-order chi connectivity index (χ1) is 9.60. The van der Waals surface area contributed by atoms with Crippen molar-refractivity contribution in [3.05, 3.63) is 47.5 Å². The number of hydrogen-bond acceptors (Lipinski definition) is 2. The van der Waals surface area contributed by atoms with Crippen molar-refractivity contribution in [2.45, 2.75) is 44.6 Å². The van der Waals surface area contributed by atoms with E-state index < -0.39 is 5.60 Å². The fourth-order valence-corrected chi connectivity index (χ4v) is 4.03. The Morgan fingerprint density at radius 1 is 1.25 bits per heavy atom. The first-order valence-corrected chi connectivity index (χ1v) is 7.55. The maximum Gasteiger partial charge on any atom is 0.126 e. The van der Waals surface area contributed by atoms with E-state index in [0.29, 0.717) is 0 Å². The molecule has 1 N–H and O–H groups in total. The van der Waals surface area contributed by atoms with Crippen molar-refractivity contribution < 1.29 is 9.90 Å². The van der Waals surface area contributed by atoms with Crippen molar-refractivity contribution in [3.63, 3.8) is 0 Å². The Morgan fingerprint density at radius 3 is 2.70 bits per heavy atom. The van der Waals surface area contributed by atoms with Gasteiger partial charge in [-0.3, -0.25) is 0 Å². The van der Waals surface area contributed by atoms with Crippen LogP contribution in [0.25, 0.3) is 0 Å². The molecule has 2 aliphatic rings. The van der Waals surface area contributed by atoms with Gasteiger partial charge in [-0.05, 0) is 49.2 Å². The zero-order chi connectivity index (χ0) is 14.2. The number of benzene rings is 1. The smallest absolute Gasteiger partial charge is 0.126 e. The third kappa shape index (κ3) is 1.94. The highest BCUT2D eigenvalue weighted by atomic mass is 16.3. The average molecular weight is 270 g/mol. The quantitative estimate of drug-likeness (QED) is 0.658. The summed E-state index contributed by atoms with van der Waals surface area (Å²) < 4.78 is 0. The molecule has 1 aromatic carbocycles. The van der Waals surface area contributed by atoms with E-state index >= 15 is 0 Å². The summed E-state index contributed by atoms with van der Waals surface area (Å²) in [6.07, 6.45) is 7.82. The molecule has 2 heteroatoms. The van der Waals surface area contributed by atoms with E-state index in [1.54, 1.807) is 0 Å². The van der Waals surface area contributed by atoms with Gasteiger partial charge in [0.1, 0.15) is 11.9 Å². The number of aldehydes is 1. The van der Waals surface area contributed by atoms with Gasteiger partial charge in [-0.15, -0.1) is 0 Å². The zero-order valence-corrected chi connectivity index (χ0v) is 12.0. The number of rotatable bonds is 2. The minimum absolute atomic E-state index is 0.188. The number of aliphatic hydroxyl groups is 1. The van der Waals surface area contributed by atoms with Gasteiger partial charge in [0.15, 0.2) is 0 Å². The average Bonchev–Trinajstić information content (AvgIpc) is 2.49. The molecule has 1 aromatic rings. The summed E-state index contributed by atoms with van der Waals surface area (Å²) in [4.78, 5) is 11.6. The molecule has 0 aromatic heterocycles. The molecule has 20 heavy (non-hydrogen) atoms. The molecule has 0 radical (unpaired) electrons. The Balaban J connectivity index is 2.06. The second-order valence-corrected chi connectivity index (χ2v) is 6.49. The van der Waals surface area contributed by atoms with Crippen LogP contribution in [0, 0.1) is 11.3 Å². The summed E-state index contributed by atoms with van der Waals surface area (Å²) in [5, 5.41) is 11.3. The lowest BCUT2D eigenvalue weighted by molar-refractivity contribution is -0.119. The van der Waals surface area contributed by atoms with Crippen molar-refractivity contribution >= 4 is 6.29 Å². The number of allylic oxidation sites excluding steroid dienone is 1. The third-order valence-electron chi connectivity index (χ3n) is 5.25. The van der Waals surface area contributed by atoms with Gasteiger partial charge in [-0.25, -0.2) is 0 Å². The van der Waals surface area contributed by atoms with Gasteiger partial charge in [0, 0.05) is 5.41 Å². The lowest BCUT2D eigenvalue weighted by atomic mass is 9.58. The van der Waals surface area contributed by atoms with Crippen LogP contribution in [0.2, 0.25) is 0 Å². The van der Waals surface area contributed by atoms with Crippen LogP contribution < -0.4 is 0 Å². The highest BCUT2D eigenvalue weighted by Crippen LogP contribution is 2.53. The Morgan fingerprint density at radius 2 is 2.00 bits per heavy atom. The molecule has 0 bridgehead atoms. The van der Waals surface area contributed by atoms with E-state index in [-0.39, 0.29) is 11.3 Å². The lowest BCUT2D eigenvalue weighted by Crippen LogP contribution is -2.44. The molecule has 3 atom stereocenters. The molecular weight excluding hydrogens is 248 g/mol. The van der Waals surface area contributed by atoms with E-state index in [1.165, 1.54) is 0 Å². The Labute approximate surface area is 120 Å². The Hall–Kier alpha value is -1.41. The van der Waals surface area contributed by atoms with Crippen molar-refractivity contribution in [3.8, 4) is 0 Å². The molecule has 2 aliphatic carbocycles. The zero-order valence-electron chi connectivity index (χ0n) is 12.0. The first-order valence-electron chi connectivity index (χ1n) is 7.55. The van der Waals surface area contributed by atoms with E-state index in [0.717, 1.165) is 49.5 Å². The predicted octanol–water partition coefficient (Wildman–Crippen LogP) is 3.60. The fourth-order valence-electron chi connectivity index (χ4n) is 4.03. The second kappa shape index (κ2) is 4.85. The molecule has 1 saturated carbocycles. The first kappa shape index (κ1) is 13.6. The van der Waals surface area contributed by atoms with Crippen LogP contribution in [0.4, 0.5) is 0 Å². The monoisotopic (exact) mass is 270 g/mol. The number of carbonyl (C=O) groups excluding carboxylic acids is 1. The summed E-state index contributed by atoms with van der Waals surface area (Å²) in [7, 11) is 0. The van der Waals surface area contributed by atoms with Gasteiger partial charge in [0.2, 0.25) is 0 Å². The van der Waals surface area contributed by atoms with E-state index in [4.69, 9.17) is 0 Å². The van der Waals surface area contributed by atoms with Crippen LogP contribution in [0.15, 0.2) is 42.0 Å². The molecule has 0 saturated heterocycles. The highest BCUT2D eigenvalue weighted by Gasteiger charge is 2.48. The molecule has 1 fully saturated rings. The van der Waals surface area contributed by atoms with E-state index in [2.05, 4.69) is 13.0 Å². The minimum atomic E-state index is -0.880. The normalized spacial score (nSPS) is 36.9. The molecule has 0 amide bonds. The van der Waals surface area contributed by atoms with Gasteiger partial charge in [0.05, 0.1) is 0 Å². The van der Waals surface area contributed by atoms with Crippen LogP contribution >= 0.6 is 0 Å². The molecule has 3 rings (SSSR count). The summed E-state index contributed by atoms with van der Waals surface area (Å²) in [6.45, 7) is 2.05. The van der Waals surface area contributed by atoms with Crippen molar-refractivity contribution in [2.75, 3.05) is 0 Å². The predicted molar refractivity (Wildman–Crippen MR) is 79.2 cm³/mol. The number of hydrogen-bond donors (Lipinski definition) is 1. The minimum Gasteiger partial charge on any atom is -0.381 e. The van der Waals surface area contributed by atoms with Crippen LogP contribution in [-0.2, 0) is 10.4 Å². The van der Waals surface area contributed by atoms with E-state index in [9.17, 15) is 9.90 Å². The standard InChI is InChI=1S/C18H22O2/c1-17(13-19)11-5-10-16-15(17)9-6-12-18(16,20)14-7-3-2-4-8-14/h2-4,7-8,10,13,15,20H,5-6,9,11-12H2,1H3/t15-,17-,18-/m0/s1. The largest absolute Gasteiger partial charge is 0.381 e. The molecular formula is C18H22O2. The van der Waals surface area contributed by atoms with Crippen LogP contribution in [0.3, 0.4) is 0 Å². The maximum atomic E-state index is 11.6. The van der Waals surface area contributed by atoms with Crippen molar-refractivity contribution in [2.24, 2.45) is 11.3 Å². The summed E-state index contributed by atoms with van der Waals surface area (Å²) in [6, 6.07) is 9.91. The molecule has 2 nitrogen and oxygen atoms in total. The topological polar surface area (TPSA) is 37.3 Å². The van der Waals surface area contributed by atoms with Crippen molar-refractivity contribution in [1.29, 1.82) is 0 Å². The van der Waals surface area contributed by atoms with Crippen LogP contribution in [0.5, 0.6) is 0 Å². The fraction of sp³-hybridized carbons (Fsp3) is 0.500. The lowest BCUT2D eigenvalue weighted by Gasteiger charge is -2.48. The van der Waals surface area contributed by atoms with Crippen molar-refractivity contribution in [1.82, 2.24) is 0 Å². The Kier molecular flexibility index (Phi) is 3.29. The SMILES string of the molecule is C[C@@]1(C=O)CCC=C2[C@@H]1CCC[C@]2(O)c1ccccc1. The van der Waals surface area contributed by atoms with Gasteiger partial charge in [-0.2, -0.15) is 0 Å². The third-order valence-corrected chi connectivity index (χ3v) is 5.25. The van der Waals surface area contributed by atoms with Gasteiger partial charge in [-0.1, -0.05) is 43.3 Å². The maximum absolute atomic E-state index is 11.6. The summed E-state index contributed by atoms with van der Waals surface area (Å²) >= 11 is 0. The summed E-state index contributed by atoms with van der Waals surface area (Å²) in [5.74, 6) is 0.188. The summed E-state index contributed by atoms with van der Waals surface area (Å²) in [5.41, 5.74) is 0.851. The van der Waals surface area contributed by atoms with Gasteiger partial charge in [0.25, 0.3) is 0 Å². The Bertz CT molecular complexity index is 534. The van der Waals surface area contributed by atoms with Crippen LogP contribution in [-0.4, -0.2) is 11.4 Å². The molecule has 0 aliphatic heterocycles. The van der Waals surface area contributed by atoms with Crippen LogP contribution in [0.1, 0.15) is 44.6 Å². The number of carbonyl (C=O) groups is 1. The number of fused-ring (bicyclic) bond motifs is 1. The molecule has 106 valence electrons. The van der Waals surface area contributed by atoms with Gasteiger partial charge < -0.3 is 9.90 Å². The molecule has 0 unspecified atom stereocenters. The van der Waals surface area contributed by atoms with E-state index in [1.807, 2.05) is 30.3 Å².